The zero-order valence-corrected chi connectivity index (χ0v) is 15.8. The lowest BCUT2D eigenvalue weighted by Crippen LogP contribution is -2.25. The van der Waals surface area contributed by atoms with Gasteiger partial charge in [0.05, 0.1) is 11.5 Å². The van der Waals surface area contributed by atoms with Crippen LogP contribution < -0.4 is 0 Å². The highest BCUT2D eigenvalue weighted by atomic mass is 16.4. The molecule has 25 heavy (non-hydrogen) atoms. The standard InChI is InChI=1S/C21H34O4/c1-3-4-7-10-18(22)14-12-17-13-15-19(23)21(17,2)16-9-6-5-8-11-20(24)25/h6,9,13,18,22H,3-5,7-8,10-12,14-16H2,1-2H3,(H,24,25)/b9-6-/t18?,21-/m1/s1. The first-order chi connectivity index (χ1) is 11.9. The van der Waals surface area contributed by atoms with Gasteiger partial charge in [0.1, 0.15) is 5.78 Å². The largest absolute Gasteiger partial charge is 0.481 e. The molecule has 0 saturated heterocycles. The molecule has 1 aliphatic carbocycles. The van der Waals surface area contributed by atoms with Crippen molar-refractivity contribution < 1.29 is 19.8 Å². The van der Waals surface area contributed by atoms with Crippen molar-refractivity contribution in [3.8, 4) is 0 Å². The molecule has 0 heterocycles. The van der Waals surface area contributed by atoms with Gasteiger partial charge < -0.3 is 10.2 Å². The van der Waals surface area contributed by atoms with Gasteiger partial charge in [-0.1, -0.05) is 50.0 Å². The maximum absolute atomic E-state index is 12.3. The number of carboxylic acids is 1. The molecule has 0 amide bonds. The van der Waals surface area contributed by atoms with Crippen LogP contribution in [0.25, 0.3) is 0 Å². The number of hydrogen-bond acceptors (Lipinski definition) is 3. The normalized spacial score (nSPS) is 21.7. The molecule has 0 spiro atoms. The van der Waals surface area contributed by atoms with Crippen molar-refractivity contribution in [2.45, 2.75) is 90.6 Å². The van der Waals surface area contributed by atoms with Crippen LogP contribution in [0.15, 0.2) is 23.8 Å². The van der Waals surface area contributed by atoms with Crippen molar-refractivity contribution in [1.29, 1.82) is 0 Å². The molecule has 0 aromatic rings. The molecule has 1 rings (SSSR count). The quantitative estimate of drug-likeness (QED) is 0.369. The van der Waals surface area contributed by atoms with E-state index < -0.39 is 11.4 Å². The Morgan fingerprint density at radius 1 is 1.28 bits per heavy atom. The fourth-order valence-electron chi connectivity index (χ4n) is 3.37. The Labute approximate surface area is 152 Å². The van der Waals surface area contributed by atoms with Crippen LogP contribution in [0.1, 0.15) is 84.5 Å². The number of rotatable bonds is 13. The number of unbranched alkanes of at least 4 members (excludes halogenated alkanes) is 3. The van der Waals surface area contributed by atoms with Gasteiger partial charge in [0.2, 0.25) is 0 Å². The second kappa shape index (κ2) is 11.2. The molecule has 0 radical (unpaired) electrons. The number of aliphatic carboxylic acids is 1. The molecule has 0 aromatic carbocycles. The molecule has 0 aromatic heterocycles. The molecule has 4 heteroatoms. The van der Waals surface area contributed by atoms with Gasteiger partial charge in [-0.05, 0) is 45.4 Å². The Bertz CT molecular complexity index is 492. The highest BCUT2D eigenvalue weighted by Gasteiger charge is 2.38. The average molecular weight is 350 g/mol. The van der Waals surface area contributed by atoms with Gasteiger partial charge >= 0.3 is 5.97 Å². The number of aliphatic hydroxyl groups is 1. The zero-order chi connectivity index (χ0) is 18.7. The van der Waals surface area contributed by atoms with Gasteiger partial charge in [0, 0.05) is 12.8 Å². The smallest absolute Gasteiger partial charge is 0.303 e. The van der Waals surface area contributed by atoms with E-state index in [0.717, 1.165) is 50.5 Å². The molecule has 0 saturated carbocycles. The van der Waals surface area contributed by atoms with E-state index in [4.69, 9.17) is 5.11 Å². The molecule has 0 fully saturated rings. The molecule has 2 atom stereocenters. The minimum Gasteiger partial charge on any atom is -0.481 e. The second-order valence-electron chi connectivity index (χ2n) is 7.34. The number of aliphatic hydroxyl groups excluding tert-OH is 1. The molecule has 2 N–H and O–H groups in total. The maximum atomic E-state index is 12.3. The van der Waals surface area contributed by atoms with E-state index >= 15 is 0 Å². The van der Waals surface area contributed by atoms with Crippen LogP contribution in [-0.4, -0.2) is 28.1 Å². The van der Waals surface area contributed by atoms with E-state index in [1.54, 1.807) is 0 Å². The summed E-state index contributed by atoms with van der Waals surface area (Å²) in [6.07, 6.45) is 14.2. The van der Waals surface area contributed by atoms with Crippen molar-refractivity contribution >= 4 is 11.8 Å². The third-order valence-corrected chi connectivity index (χ3v) is 5.20. The summed E-state index contributed by atoms with van der Waals surface area (Å²) in [6.45, 7) is 4.15. The highest BCUT2D eigenvalue weighted by molar-refractivity contribution is 5.92. The lowest BCUT2D eigenvalue weighted by atomic mass is 9.77. The fourth-order valence-corrected chi connectivity index (χ4v) is 3.37. The second-order valence-corrected chi connectivity index (χ2v) is 7.34. The van der Waals surface area contributed by atoms with Crippen molar-refractivity contribution in [3.05, 3.63) is 23.8 Å². The van der Waals surface area contributed by atoms with E-state index in [2.05, 4.69) is 6.92 Å². The molecular weight excluding hydrogens is 316 g/mol. The third-order valence-electron chi connectivity index (χ3n) is 5.20. The topological polar surface area (TPSA) is 74.6 Å². The number of carboxylic acid groups (broad SMARTS) is 1. The number of hydrogen-bond donors (Lipinski definition) is 2. The summed E-state index contributed by atoms with van der Waals surface area (Å²) in [4.78, 5) is 22.8. The minimum absolute atomic E-state index is 0.182. The molecule has 1 unspecified atom stereocenters. The SMILES string of the molecule is CCCCCC(O)CCC1=CCC(=O)[C@]1(C)C/C=C\CCCC(=O)O. The molecule has 1 aliphatic rings. The van der Waals surface area contributed by atoms with Crippen LogP contribution in [-0.2, 0) is 9.59 Å². The fraction of sp³-hybridized carbons (Fsp3) is 0.714. The Kier molecular flexibility index (Phi) is 9.73. The lowest BCUT2D eigenvalue weighted by Gasteiger charge is -2.26. The minimum atomic E-state index is -0.769. The van der Waals surface area contributed by atoms with Gasteiger partial charge in [-0.15, -0.1) is 0 Å². The first-order valence-corrected chi connectivity index (χ1v) is 9.67. The summed E-state index contributed by atoms with van der Waals surface area (Å²) in [5, 5.41) is 18.7. The summed E-state index contributed by atoms with van der Waals surface area (Å²) in [5.74, 6) is -0.521. The highest BCUT2D eigenvalue weighted by Crippen LogP contribution is 2.41. The zero-order valence-electron chi connectivity index (χ0n) is 15.8. The van der Waals surface area contributed by atoms with Crippen LogP contribution in [0.2, 0.25) is 0 Å². The third kappa shape index (κ3) is 7.55. The van der Waals surface area contributed by atoms with Crippen molar-refractivity contribution in [1.82, 2.24) is 0 Å². The van der Waals surface area contributed by atoms with Gasteiger partial charge in [-0.2, -0.15) is 0 Å². The Morgan fingerprint density at radius 3 is 2.72 bits per heavy atom. The first-order valence-electron chi connectivity index (χ1n) is 9.67. The monoisotopic (exact) mass is 350 g/mol. The Balaban J connectivity index is 2.44. The summed E-state index contributed by atoms with van der Waals surface area (Å²) in [7, 11) is 0. The molecule has 4 nitrogen and oxygen atoms in total. The van der Waals surface area contributed by atoms with E-state index in [1.807, 2.05) is 25.2 Å². The lowest BCUT2D eigenvalue weighted by molar-refractivity contribution is -0.137. The van der Waals surface area contributed by atoms with Crippen LogP contribution >= 0.6 is 0 Å². The van der Waals surface area contributed by atoms with Crippen molar-refractivity contribution in [2.24, 2.45) is 5.41 Å². The van der Waals surface area contributed by atoms with Crippen LogP contribution in [0.3, 0.4) is 0 Å². The van der Waals surface area contributed by atoms with Gasteiger partial charge in [0.25, 0.3) is 0 Å². The van der Waals surface area contributed by atoms with Crippen LogP contribution in [0, 0.1) is 5.41 Å². The molecule has 142 valence electrons. The predicted molar refractivity (Wildman–Crippen MR) is 100 cm³/mol. The Morgan fingerprint density at radius 2 is 2.04 bits per heavy atom. The van der Waals surface area contributed by atoms with E-state index in [0.29, 0.717) is 19.3 Å². The van der Waals surface area contributed by atoms with Crippen LogP contribution in [0.4, 0.5) is 0 Å². The maximum Gasteiger partial charge on any atom is 0.303 e. The van der Waals surface area contributed by atoms with Crippen LogP contribution in [0.5, 0.6) is 0 Å². The number of carbonyl (C=O) groups excluding carboxylic acids is 1. The predicted octanol–water partition coefficient (Wildman–Crippen LogP) is 4.81. The molecule has 0 bridgehead atoms. The van der Waals surface area contributed by atoms with Crippen molar-refractivity contribution in [3.63, 3.8) is 0 Å². The summed E-state index contributed by atoms with van der Waals surface area (Å²) in [5.41, 5.74) is 0.703. The molecule has 0 aliphatic heterocycles. The summed E-state index contributed by atoms with van der Waals surface area (Å²) in [6, 6.07) is 0. The van der Waals surface area contributed by atoms with Gasteiger partial charge in [-0.25, -0.2) is 0 Å². The average Bonchev–Trinajstić information content (AvgIpc) is 2.84. The summed E-state index contributed by atoms with van der Waals surface area (Å²) >= 11 is 0. The van der Waals surface area contributed by atoms with Gasteiger partial charge in [0.15, 0.2) is 0 Å². The number of Topliss-reactive ketones (excluding diaryl/α,β-unsaturated/α-hetero) is 1. The number of carbonyl (C=O) groups is 2. The summed E-state index contributed by atoms with van der Waals surface area (Å²) < 4.78 is 0. The van der Waals surface area contributed by atoms with Gasteiger partial charge in [-0.3, -0.25) is 9.59 Å². The molecular formula is C21H34O4. The van der Waals surface area contributed by atoms with E-state index in [-0.39, 0.29) is 18.3 Å². The van der Waals surface area contributed by atoms with E-state index in [1.165, 1.54) is 0 Å². The number of ketones is 1. The number of allylic oxidation sites excluding steroid dienone is 4. The first kappa shape index (κ1) is 21.6. The Hall–Kier alpha value is -1.42. The van der Waals surface area contributed by atoms with Crippen molar-refractivity contribution in [2.75, 3.05) is 0 Å². The van der Waals surface area contributed by atoms with E-state index in [9.17, 15) is 14.7 Å².